The number of anilines is 1. The average Bonchev–Trinajstić information content (AvgIpc) is 3.16. The van der Waals surface area contributed by atoms with Gasteiger partial charge in [0, 0.05) is 12.5 Å². The molecule has 2 aliphatic rings. The number of para-hydroxylation sites is 2. The van der Waals surface area contributed by atoms with Crippen molar-refractivity contribution in [3.63, 3.8) is 0 Å². The normalized spacial score (nSPS) is 25.0. The molecule has 1 N–H and O–H groups in total. The summed E-state index contributed by atoms with van der Waals surface area (Å²) in [6.07, 6.45) is 5.30. The zero-order valence-corrected chi connectivity index (χ0v) is 13.8. The highest BCUT2D eigenvalue weighted by atomic mass is 16.5. The minimum atomic E-state index is -0.853. The van der Waals surface area contributed by atoms with Crippen LogP contribution in [0.4, 0.5) is 5.69 Å². The van der Waals surface area contributed by atoms with Gasteiger partial charge in [-0.3, -0.25) is 14.5 Å². The molecule has 2 fully saturated rings. The minimum Gasteiger partial charge on any atom is -0.495 e. The highest BCUT2D eigenvalue weighted by Crippen LogP contribution is 2.40. The van der Waals surface area contributed by atoms with E-state index in [1.54, 1.807) is 12.0 Å². The van der Waals surface area contributed by atoms with E-state index in [4.69, 9.17) is 4.74 Å². The summed E-state index contributed by atoms with van der Waals surface area (Å²) in [5.41, 5.74) is -0.185. The summed E-state index contributed by atoms with van der Waals surface area (Å²) in [5.74, 6) is 0.530. The number of carbonyl (C=O) groups excluding carboxylic acids is 2. The molecule has 1 aromatic rings. The molecule has 3 rings (SSSR count). The Labute approximate surface area is 137 Å². The molecule has 2 amide bonds. The first-order valence-corrected chi connectivity index (χ1v) is 8.33. The van der Waals surface area contributed by atoms with Crippen LogP contribution in [0, 0.1) is 0 Å². The number of hydrogen-bond donors (Lipinski definition) is 1. The number of hydrogen-bond acceptors (Lipinski definition) is 3. The number of amides is 2. The molecular weight excluding hydrogens is 292 g/mol. The van der Waals surface area contributed by atoms with Gasteiger partial charge in [-0.15, -0.1) is 0 Å². The summed E-state index contributed by atoms with van der Waals surface area (Å²) in [6.45, 7) is 1.86. The van der Waals surface area contributed by atoms with E-state index >= 15 is 0 Å². The molecule has 1 aromatic carbocycles. The molecule has 0 radical (unpaired) electrons. The van der Waals surface area contributed by atoms with Gasteiger partial charge in [-0.25, -0.2) is 0 Å². The Morgan fingerprint density at radius 2 is 2.00 bits per heavy atom. The first kappa shape index (κ1) is 15.8. The first-order valence-electron chi connectivity index (χ1n) is 8.33. The van der Waals surface area contributed by atoms with Crippen molar-refractivity contribution in [2.24, 2.45) is 0 Å². The lowest BCUT2D eigenvalue weighted by Crippen LogP contribution is -2.56. The molecule has 0 bridgehead atoms. The fourth-order valence-corrected chi connectivity index (χ4v) is 3.69. The molecule has 0 aromatic heterocycles. The van der Waals surface area contributed by atoms with E-state index in [0.29, 0.717) is 24.3 Å². The number of carbonyl (C=O) groups is 2. The second kappa shape index (κ2) is 6.22. The summed E-state index contributed by atoms with van der Waals surface area (Å²) >= 11 is 0. The van der Waals surface area contributed by atoms with Gasteiger partial charge in [0.2, 0.25) is 11.8 Å². The van der Waals surface area contributed by atoms with Crippen LogP contribution in [0.25, 0.3) is 0 Å². The number of nitrogens with one attached hydrogen (secondary N) is 1. The zero-order chi connectivity index (χ0) is 16.4. The SMILES string of the molecule is COc1ccccc1N1C(=O)CC[C@@]1(C)C(=O)NC1CCCC1. The van der Waals surface area contributed by atoms with Crippen LogP contribution in [0.15, 0.2) is 24.3 Å². The van der Waals surface area contributed by atoms with Crippen molar-refractivity contribution in [1.82, 2.24) is 5.32 Å². The van der Waals surface area contributed by atoms with E-state index in [1.807, 2.05) is 31.2 Å². The maximum absolute atomic E-state index is 12.9. The Morgan fingerprint density at radius 1 is 1.30 bits per heavy atom. The largest absolute Gasteiger partial charge is 0.495 e. The molecule has 1 heterocycles. The van der Waals surface area contributed by atoms with Gasteiger partial charge >= 0.3 is 0 Å². The third-order valence-electron chi connectivity index (χ3n) is 5.07. The smallest absolute Gasteiger partial charge is 0.246 e. The monoisotopic (exact) mass is 316 g/mol. The van der Waals surface area contributed by atoms with Gasteiger partial charge in [-0.05, 0) is 38.3 Å². The average molecular weight is 316 g/mol. The predicted molar refractivity (Wildman–Crippen MR) is 88.5 cm³/mol. The summed E-state index contributed by atoms with van der Waals surface area (Å²) in [6, 6.07) is 7.62. The summed E-state index contributed by atoms with van der Waals surface area (Å²) in [5, 5.41) is 3.15. The summed E-state index contributed by atoms with van der Waals surface area (Å²) in [7, 11) is 1.58. The van der Waals surface area contributed by atoms with E-state index in [0.717, 1.165) is 25.7 Å². The number of nitrogens with zero attached hydrogens (tertiary/aromatic N) is 1. The van der Waals surface area contributed by atoms with Crippen LogP contribution >= 0.6 is 0 Å². The molecule has 1 aliphatic carbocycles. The maximum Gasteiger partial charge on any atom is 0.246 e. The van der Waals surface area contributed by atoms with E-state index in [9.17, 15) is 9.59 Å². The minimum absolute atomic E-state index is 0.0291. The molecule has 1 atom stereocenters. The lowest BCUT2D eigenvalue weighted by atomic mass is 9.96. The van der Waals surface area contributed by atoms with Crippen LogP contribution in [-0.2, 0) is 9.59 Å². The van der Waals surface area contributed by atoms with Gasteiger partial charge in [0.25, 0.3) is 0 Å². The first-order chi connectivity index (χ1) is 11.1. The van der Waals surface area contributed by atoms with Crippen molar-refractivity contribution in [3.05, 3.63) is 24.3 Å². The fraction of sp³-hybridized carbons (Fsp3) is 0.556. The molecule has 1 aliphatic heterocycles. The molecule has 1 saturated carbocycles. The van der Waals surface area contributed by atoms with E-state index < -0.39 is 5.54 Å². The lowest BCUT2D eigenvalue weighted by Gasteiger charge is -2.35. The van der Waals surface area contributed by atoms with Crippen LogP contribution in [0.1, 0.15) is 45.4 Å². The van der Waals surface area contributed by atoms with E-state index in [1.165, 1.54) is 0 Å². The van der Waals surface area contributed by atoms with Gasteiger partial charge < -0.3 is 10.1 Å². The van der Waals surface area contributed by atoms with Gasteiger partial charge in [-0.2, -0.15) is 0 Å². The number of benzene rings is 1. The van der Waals surface area contributed by atoms with Crippen LogP contribution in [-0.4, -0.2) is 30.5 Å². The molecule has 0 spiro atoms. The maximum atomic E-state index is 12.9. The standard InChI is InChI=1S/C18H24N2O3/c1-18(17(22)19-13-7-3-4-8-13)12-11-16(21)20(18)14-9-5-6-10-15(14)23-2/h5-6,9-10,13H,3-4,7-8,11-12H2,1-2H3,(H,19,22)/t18-/m0/s1. The van der Waals surface area contributed by atoms with Gasteiger partial charge in [-0.1, -0.05) is 25.0 Å². The Balaban J connectivity index is 1.90. The Kier molecular flexibility index (Phi) is 4.28. The second-order valence-corrected chi connectivity index (χ2v) is 6.63. The number of rotatable bonds is 4. The lowest BCUT2D eigenvalue weighted by molar-refractivity contribution is -0.127. The Hall–Kier alpha value is -2.04. The zero-order valence-electron chi connectivity index (χ0n) is 13.8. The van der Waals surface area contributed by atoms with E-state index in [-0.39, 0.29) is 17.9 Å². The highest BCUT2D eigenvalue weighted by molar-refractivity contribution is 6.07. The Morgan fingerprint density at radius 3 is 2.70 bits per heavy atom. The van der Waals surface area contributed by atoms with Gasteiger partial charge in [0.15, 0.2) is 0 Å². The summed E-state index contributed by atoms with van der Waals surface area (Å²) < 4.78 is 5.39. The molecule has 124 valence electrons. The third kappa shape index (κ3) is 2.80. The predicted octanol–water partition coefficient (Wildman–Crippen LogP) is 2.64. The highest BCUT2D eigenvalue weighted by Gasteiger charge is 2.49. The quantitative estimate of drug-likeness (QED) is 0.929. The number of methoxy groups -OCH3 is 1. The molecule has 5 nitrogen and oxygen atoms in total. The second-order valence-electron chi connectivity index (χ2n) is 6.63. The number of ether oxygens (including phenoxy) is 1. The molecule has 0 unspecified atom stereocenters. The summed E-state index contributed by atoms with van der Waals surface area (Å²) in [4.78, 5) is 27.0. The topological polar surface area (TPSA) is 58.6 Å². The van der Waals surface area contributed by atoms with Crippen molar-refractivity contribution in [2.75, 3.05) is 12.0 Å². The van der Waals surface area contributed by atoms with Crippen LogP contribution in [0.3, 0.4) is 0 Å². The van der Waals surface area contributed by atoms with Gasteiger partial charge in [0.1, 0.15) is 11.3 Å². The molecule has 5 heteroatoms. The van der Waals surface area contributed by atoms with Crippen molar-refractivity contribution >= 4 is 17.5 Å². The van der Waals surface area contributed by atoms with Crippen molar-refractivity contribution < 1.29 is 14.3 Å². The van der Waals surface area contributed by atoms with Crippen molar-refractivity contribution in [3.8, 4) is 5.75 Å². The van der Waals surface area contributed by atoms with Crippen LogP contribution in [0.5, 0.6) is 5.75 Å². The molecular formula is C18H24N2O3. The molecule has 1 saturated heterocycles. The molecule has 23 heavy (non-hydrogen) atoms. The van der Waals surface area contributed by atoms with Crippen molar-refractivity contribution in [1.29, 1.82) is 0 Å². The van der Waals surface area contributed by atoms with Crippen molar-refractivity contribution in [2.45, 2.75) is 57.0 Å². The fourth-order valence-electron chi connectivity index (χ4n) is 3.69. The van der Waals surface area contributed by atoms with E-state index in [2.05, 4.69) is 5.32 Å². The third-order valence-corrected chi connectivity index (χ3v) is 5.07. The van der Waals surface area contributed by atoms with Gasteiger partial charge in [0.05, 0.1) is 12.8 Å². The van der Waals surface area contributed by atoms with Crippen LogP contribution < -0.4 is 15.0 Å². The Bertz CT molecular complexity index is 610. The van der Waals surface area contributed by atoms with Crippen LogP contribution in [0.2, 0.25) is 0 Å².